The number of ether oxygens (including phenoxy) is 1. The first-order valence-corrected chi connectivity index (χ1v) is 7.20. The van der Waals surface area contributed by atoms with Gasteiger partial charge >= 0.3 is 29.9 Å². The molecule has 0 fully saturated rings. The van der Waals surface area contributed by atoms with E-state index >= 15 is 0 Å². The first-order chi connectivity index (χ1) is 11.2. The van der Waals surface area contributed by atoms with E-state index in [9.17, 15) is 44.3 Å². The molecule has 2 nitrogen and oxygen atoms in total. The Balaban J connectivity index is 4.32. The molecular weight excluding hydrogens is 371 g/mol. The number of hydrogen-bond donors (Lipinski definition) is 0. The van der Waals surface area contributed by atoms with Gasteiger partial charge in [-0.25, -0.2) is 4.79 Å². The van der Waals surface area contributed by atoms with Crippen LogP contribution in [0.15, 0.2) is 12.7 Å². The Kier molecular flexibility index (Phi) is 8.29. The van der Waals surface area contributed by atoms with E-state index < -0.39 is 42.8 Å². The summed E-state index contributed by atoms with van der Waals surface area (Å²) in [5, 5.41) is 0. The molecule has 11 heteroatoms. The van der Waals surface area contributed by atoms with Crippen LogP contribution in [0, 0.1) is 0 Å². The van der Waals surface area contributed by atoms with E-state index in [4.69, 9.17) is 0 Å². The van der Waals surface area contributed by atoms with E-state index in [-0.39, 0.29) is 19.4 Å². The summed E-state index contributed by atoms with van der Waals surface area (Å²) in [4.78, 5) is 10.7. The monoisotopic (exact) mass is 388 g/mol. The lowest BCUT2D eigenvalue weighted by Gasteiger charge is -2.33. The fourth-order valence-corrected chi connectivity index (χ4v) is 1.78. The molecule has 0 aromatic rings. The number of hydrogen-bond acceptors (Lipinski definition) is 2. The number of alkyl halides is 9. The minimum atomic E-state index is -6.83. The largest absolute Gasteiger partial charge is 0.463 e. The van der Waals surface area contributed by atoms with Crippen LogP contribution in [0.4, 0.5) is 39.5 Å². The average molecular weight is 388 g/mol. The van der Waals surface area contributed by atoms with Crippen LogP contribution in [0.5, 0.6) is 0 Å². The summed E-state index contributed by atoms with van der Waals surface area (Å²) in [5.74, 6) is -19.5. The number of unbranched alkanes of at least 4 members (excludes halogenated alkanes) is 4. The molecule has 0 aromatic carbocycles. The zero-order chi connectivity index (χ0) is 19.9. The third-order valence-corrected chi connectivity index (χ3v) is 3.26. The Labute approximate surface area is 138 Å². The molecule has 0 radical (unpaired) electrons. The van der Waals surface area contributed by atoms with E-state index in [1.807, 2.05) is 0 Å². The van der Waals surface area contributed by atoms with Gasteiger partial charge < -0.3 is 4.74 Å². The molecule has 0 spiro atoms. The van der Waals surface area contributed by atoms with Gasteiger partial charge in [0, 0.05) is 12.5 Å². The van der Waals surface area contributed by atoms with Crippen LogP contribution < -0.4 is 0 Å². The first kappa shape index (κ1) is 23.6. The summed E-state index contributed by atoms with van der Waals surface area (Å²) in [5.41, 5.74) is 0. The topological polar surface area (TPSA) is 26.3 Å². The zero-order valence-electron chi connectivity index (χ0n) is 13.0. The molecule has 0 heterocycles. The van der Waals surface area contributed by atoms with Crippen LogP contribution in [0.25, 0.3) is 0 Å². The molecule has 0 amide bonds. The van der Waals surface area contributed by atoms with Crippen molar-refractivity contribution in [2.45, 2.75) is 62.5 Å². The van der Waals surface area contributed by atoms with Gasteiger partial charge in [0.1, 0.15) is 0 Å². The SMILES string of the molecule is C=CC(=O)OCCCCCCCC(F)(F)C(F)(F)C(F)(F)C(F)(F)F. The van der Waals surface area contributed by atoms with Crippen LogP contribution in [0.1, 0.15) is 38.5 Å². The molecule has 0 atom stereocenters. The fourth-order valence-electron chi connectivity index (χ4n) is 1.78. The molecule has 0 saturated carbocycles. The Bertz CT molecular complexity index is 444. The molecule has 0 aromatic heterocycles. The van der Waals surface area contributed by atoms with E-state index in [2.05, 4.69) is 11.3 Å². The average Bonchev–Trinajstić information content (AvgIpc) is 2.47. The summed E-state index contributed by atoms with van der Waals surface area (Å²) in [6.45, 7) is 3.17. The van der Waals surface area contributed by atoms with Gasteiger partial charge in [-0.3, -0.25) is 0 Å². The summed E-state index contributed by atoms with van der Waals surface area (Å²) < 4.78 is 118. The predicted octanol–water partition coefficient (Wildman–Crippen LogP) is 5.52. The van der Waals surface area contributed by atoms with Crippen molar-refractivity contribution in [1.82, 2.24) is 0 Å². The molecule has 0 N–H and O–H groups in total. The number of carbonyl (C=O) groups is 1. The van der Waals surface area contributed by atoms with Gasteiger partial charge in [0.25, 0.3) is 0 Å². The maximum atomic E-state index is 13.2. The second-order valence-corrected chi connectivity index (χ2v) is 5.24. The minimum Gasteiger partial charge on any atom is -0.463 e. The van der Waals surface area contributed by atoms with Crippen LogP contribution in [-0.2, 0) is 9.53 Å². The Morgan fingerprint density at radius 3 is 1.76 bits per heavy atom. The molecule has 0 rings (SSSR count). The molecular formula is C14H17F9O2. The summed E-state index contributed by atoms with van der Waals surface area (Å²) in [6, 6.07) is 0. The molecule has 0 aliphatic carbocycles. The highest BCUT2D eigenvalue weighted by Crippen LogP contribution is 2.54. The summed E-state index contributed by atoms with van der Waals surface area (Å²) >= 11 is 0. The van der Waals surface area contributed by atoms with Crippen molar-refractivity contribution in [3.63, 3.8) is 0 Å². The van der Waals surface area contributed by atoms with Crippen LogP contribution in [-0.4, -0.2) is 36.5 Å². The third kappa shape index (κ3) is 6.10. The van der Waals surface area contributed by atoms with Crippen molar-refractivity contribution in [3.8, 4) is 0 Å². The van der Waals surface area contributed by atoms with E-state index in [1.165, 1.54) is 0 Å². The molecule has 0 aliphatic rings. The van der Waals surface area contributed by atoms with Gasteiger partial charge in [0.05, 0.1) is 6.61 Å². The van der Waals surface area contributed by atoms with Crippen molar-refractivity contribution in [1.29, 1.82) is 0 Å². The van der Waals surface area contributed by atoms with Crippen LogP contribution >= 0.6 is 0 Å². The van der Waals surface area contributed by atoms with E-state index in [0.717, 1.165) is 6.08 Å². The Morgan fingerprint density at radius 2 is 1.28 bits per heavy atom. The van der Waals surface area contributed by atoms with Gasteiger partial charge in [-0.1, -0.05) is 25.8 Å². The molecule has 0 unspecified atom stereocenters. The normalized spacial score (nSPS) is 13.6. The molecule has 25 heavy (non-hydrogen) atoms. The Morgan fingerprint density at radius 1 is 0.800 bits per heavy atom. The molecule has 0 aliphatic heterocycles. The third-order valence-electron chi connectivity index (χ3n) is 3.26. The minimum absolute atomic E-state index is 0.0247. The van der Waals surface area contributed by atoms with Gasteiger partial charge in [0.15, 0.2) is 0 Å². The smallest absolute Gasteiger partial charge is 0.460 e. The fraction of sp³-hybridized carbons (Fsp3) is 0.786. The second-order valence-electron chi connectivity index (χ2n) is 5.24. The molecule has 0 saturated heterocycles. The number of esters is 1. The lowest BCUT2D eigenvalue weighted by Crippen LogP contribution is -2.60. The van der Waals surface area contributed by atoms with E-state index in [1.54, 1.807) is 0 Å². The molecule has 0 bridgehead atoms. The zero-order valence-corrected chi connectivity index (χ0v) is 13.0. The standard InChI is InChI=1S/C14H17F9O2/c1-2-10(24)25-9-7-5-3-4-6-8-11(15,16)12(17,18)13(19,20)14(21,22)23/h2H,1,3-9H2. The Hall–Kier alpha value is -1.42. The van der Waals surface area contributed by atoms with Crippen molar-refractivity contribution in [2.24, 2.45) is 0 Å². The quantitative estimate of drug-likeness (QED) is 0.202. The van der Waals surface area contributed by atoms with Crippen molar-refractivity contribution in [2.75, 3.05) is 6.61 Å². The van der Waals surface area contributed by atoms with Gasteiger partial charge in [-0.05, 0) is 12.8 Å². The number of rotatable bonds is 11. The van der Waals surface area contributed by atoms with Gasteiger partial charge in [-0.15, -0.1) is 0 Å². The van der Waals surface area contributed by atoms with Gasteiger partial charge in [-0.2, -0.15) is 39.5 Å². The van der Waals surface area contributed by atoms with Crippen molar-refractivity contribution >= 4 is 5.97 Å². The summed E-state index contributed by atoms with van der Waals surface area (Å²) in [6.07, 6.45) is -7.48. The van der Waals surface area contributed by atoms with Crippen LogP contribution in [0.2, 0.25) is 0 Å². The lowest BCUT2D eigenvalue weighted by atomic mass is 9.98. The van der Waals surface area contributed by atoms with Crippen LogP contribution in [0.3, 0.4) is 0 Å². The highest BCUT2D eigenvalue weighted by atomic mass is 19.4. The highest BCUT2D eigenvalue weighted by molar-refractivity contribution is 5.81. The highest BCUT2D eigenvalue weighted by Gasteiger charge is 2.81. The van der Waals surface area contributed by atoms with Crippen molar-refractivity contribution < 1.29 is 49.0 Å². The lowest BCUT2D eigenvalue weighted by molar-refractivity contribution is -0.396. The maximum Gasteiger partial charge on any atom is 0.460 e. The van der Waals surface area contributed by atoms with E-state index in [0.29, 0.717) is 12.8 Å². The molecule has 148 valence electrons. The number of halogens is 9. The first-order valence-electron chi connectivity index (χ1n) is 7.20. The predicted molar refractivity (Wildman–Crippen MR) is 69.8 cm³/mol. The maximum absolute atomic E-state index is 13.2. The number of carbonyl (C=O) groups excluding carboxylic acids is 1. The van der Waals surface area contributed by atoms with Crippen molar-refractivity contribution in [3.05, 3.63) is 12.7 Å². The summed E-state index contributed by atoms with van der Waals surface area (Å²) in [7, 11) is 0. The van der Waals surface area contributed by atoms with Gasteiger partial charge in [0.2, 0.25) is 0 Å². The second kappa shape index (κ2) is 8.79.